The molecule has 1 aromatic rings. The van der Waals surface area contributed by atoms with E-state index in [1.54, 1.807) is 24.3 Å². The van der Waals surface area contributed by atoms with Crippen LogP contribution in [-0.4, -0.2) is 48.5 Å². The summed E-state index contributed by atoms with van der Waals surface area (Å²) < 4.78 is 26.9. The van der Waals surface area contributed by atoms with Gasteiger partial charge in [-0.1, -0.05) is 6.08 Å². The summed E-state index contributed by atoms with van der Waals surface area (Å²) in [6, 6.07) is 4.76. The van der Waals surface area contributed by atoms with Crippen molar-refractivity contribution in [3.63, 3.8) is 0 Å². The molecule has 2 fully saturated rings. The summed E-state index contributed by atoms with van der Waals surface area (Å²) in [7, 11) is 0. The summed E-state index contributed by atoms with van der Waals surface area (Å²) in [5.74, 6) is -3.34. The number of hydrogen-bond acceptors (Lipinski definition) is 9. The van der Waals surface area contributed by atoms with Gasteiger partial charge in [-0.2, -0.15) is 0 Å². The highest BCUT2D eigenvalue weighted by molar-refractivity contribution is 6.23. The minimum absolute atomic E-state index is 0.0569. The lowest BCUT2D eigenvalue weighted by atomic mass is 9.76. The van der Waals surface area contributed by atoms with Crippen LogP contribution in [0.5, 0.6) is 11.5 Å². The van der Waals surface area contributed by atoms with Gasteiger partial charge in [-0.25, -0.2) is 4.90 Å². The average Bonchev–Trinajstić information content (AvgIpc) is 3.43. The molecule has 0 N–H and O–H groups in total. The van der Waals surface area contributed by atoms with Gasteiger partial charge in [0, 0.05) is 19.9 Å². The van der Waals surface area contributed by atoms with Crippen molar-refractivity contribution in [2.24, 2.45) is 11.8 Å². The molecular weight excluding hydrogens is 398 g/mol. The number of carbonyl (C=O) groups excluding carboxylic acids is 4. The second-order valence-electron chi connectivity index (χ2n) is 7.40. The van der Waals surface area contributed by atoms with Crippen LogP contribution < -0.4 is 14.4 Å². The van der Waals surface area contributed by atoms with E-state index in [4.69, 9.17) is 23.7 Å². The molecule has 0 aliphatic carbocycles. The van der Waals surface area contributed by atoms with Gasteiger partial charge in [0.05, 0.1) is 23.6 Å². The largest absolute Gasteiger partial charge is 0.454 e. The third kappa shape index (κ3) is 2.46. The van der Waals surface area contributed by atoms with Crippen LogP contribution in [0.15, 0.2) is 30.4 Å². The van der Waals surface area contributed by atoms with Gasteiger partial charge < -0.3 is 23.7 Å². The molecule has 2 bridgehead atoms. The van der Waals surface area contributed by atoms with Gasteiger partial charge in [0.15, 0.2) is 17.1 Å². The van der Waals surface area contributed by atoms with Crippen LogP contribution in [0, 0.1) is 11.8 Å². The number of carbonyl (C=O) groups is 4. The highest BCUT2D eigenvalue weighted by Gasteiger charge is 2.72. The van der Waals surface area contributed by atoms with Gasteiger partial charge in [0.25, 0.3) is 6.29 Å². The van der Waals surface area contributed by atoms with E-state index >= 15 is 0 Å². The number of imide groups is 1. The number of rotatable bonds is 4. The highest BCUT2D eigenvalue weighted by Crippen LogP contribution is 2.55. The van der Waals surface area contributed by atoms with Gasteiger partial charge in [-0.05, 0) is 18.2 Å². The molecule has 10 nitrogen and oxygen atoms in total. The zero-order chi connectivity index (χ0) is 21.2. The second kappa shape index (κ2) is 6.30. The van der Waals surface area contributed by atoms with Crippen molar-refractivity contribution in [2.45, 2.75) is 31.8 Å². The summed E-state index contributed by atoms with van der Waals surface area (Å²) in [5, 5.41) is 0. The number of hydrogen-bond donors (Lipinski definition) is 0. The molecule has 4 atom stereocenters. The van der Waals surface area contributed by atoms with Gasteiger partial charge in [0.2, 0.25) is 18.6 Å². The lowest BCUT2D eigenvalue weighted by Gasteiger charge is -2.34. The molecule has 2 amide bonds. The number of benzene rings is 1. The van der Waals surface area contributed by atoms with E-state index in [1.807, 2.05) is 0 Å². The van der Waals surface area contributed by atoms with Gasteiger partial charge in [0.1, 0.15) is 0 Å². The summed E-state index contributed by atoms with van der Waals surface area (Å²) in [6.45, 7) is 2.36. The Kier molecular flexibility index (Phi) is 3.91. The molecule has 30 heavy (non-hydrogen) atoms. The molecule has 0 aromatic heterocycles. The number of fused-ring (bicyclic) bond motifs is 6. The van der Waals surface area contributed by atoms with Crippen molar-refractivity contribution in [2.75, 3.05) is 11.7 Å². The summed E-state index contributed by atoms with van der Waals surface area (Å²) in [6.07, 6.45) is 0.940. The molecule has 4 aliphatic heterocycles. The lowest BCUT2D eigenvalue weighted by Crippen LogP contribution is -2.52. The van der Waals surface area contributed by atoms with Gasteiger partial charge >= 0.3 is 11.9 Å². The van der Waals surface area contributed by atoms with Crippen LogP contribution in [0.1, 0.15) is 13.8 Å². The molecule has 0 saturated carbocycles. The first-order chi connectivity index (χ1) is 14.3. The first-order valence-electron chi connectivity index (χ1n) is 9.31. The van der Waals surface area contributed by atoms with E-state index in [9.17, 15) is 19.2 Å². The molecule has 1 aromatic carbocycles. The van der Waals surface area contributed by atoms with E-state index in [0.717, 1.165) is 18.7 Å². The third-order valence-corrected chi connectivity index (χ3v) is 5.61. The predicted molar refractivity (Wildman–Crippen MR) is 96.1 cm³/mol. The Balaban J connectivity index is 1.53. The summed E-state index contributed by atoms with van der Waals surface area (Å²) in [4.78, 5) is 50.9. The van der Waals surface area contributed by atoms with E-state index in [-0.39, 0.29) is 6.79 Å². The number of esters is 2. The Labute approximate surface area is 170 Å². The first kappa shape index (κ1) is 18.6. The zero-order valence-electron chi connectivity index (χ0n) is 16.0. The smallest absolute Gasteiger partial charge is 0.305 e. The normalized spacial score (nSPS) is 30.2. The molecule has 4 aliphatic rings. The standard InChI is InChI=1S/C20H17NO9/c1-9(22)28-19(29-10(2)23)20-6-5-13(30-20)15-16(20)18(25)21(17(15)24)11-3-4-12-14(7-11)27-8-26-12/h3-7,13,15-16,19H,8H2,1-2H3/t13-,15-,16+,20-/m0/s1. The van der Waals surface area contributed by atoms with Crippen LogP contribution in [-0.2, 0) is 33.4 Å². The topological polar surface area (TPSA) is 118 Å². The molecule has 4 heterocycles. The van der Waals surface area contributed by atoms with Crippen LogP contribution >= 0.6 is 0 Å². The highest BCUT2D eigenvalue weighted by atomic mass is 16.7. The van der Waals surface area contributed by atoms with Crippen LogP contribution in [0.4, 0.5) is 5.69 Å². The SMILES string of the molecule is CC(=O)OC(OC(C)=O)[C@@]12C=C[C@H](O1)[C@@H]1C(=O)N(c3ccc4c(c3)OCO4)C(=O)[C@@H]12. The molecule has 0 radical (unpaired) electrons. The number of nitrogens with zero attached hydrogens (tertiary/aromatic N) is 1. The number of ether oxygens (including phenoxy) is 5. The summed E-state index contributed by atoms with van der Waals surface area (Å²) in [5.41, 5.74) is -1.25. The molecule has 0 spiro atoms. The van der Waals surface area contributed by atoms with Crippen LogP contribution in [0.25, 0.3) is 0 Å². The minimum atomic E-state index is -1.58. The Hall–Kier alpha value is -3.40. The maximum Gasteiger partial charge on any atom is 0.305 e. The Morgan fingerprint density at radius 3 is 2.50 bits per heavy atom. The lowest BCUT2D eigenvalue weighted by molar-refractivity contribution is -0.226. The predicted octanol–water partition coefficient (Wildman–Crippen LogP) is 0.681. The Morgan fingerprint density at radius 1 is 1.10 bits per heavy atom. The maximum absolute atomic E-state index is 13.4. The molecular formula is C20H17NO9. The number of anilines is 1. The van der Waals surface area contributed by atoms with E-state index in [0.29, 0.717) is 17.2 Å². The molecule has 2 saturated heterocycles. The molecule has 5 rings (SSSR count). The van der Waals surface area contributed by atoms with E-state index < -0.39 is 53.6 Å². The second-order valence-corrected chi connectivity index (χ2v) is 7.40. The fourth-order valence-corrected chi connectivity index (χ4v) is 4.50. The maximum atomic E-state index is 13.4. The minimum Gasteiger partial charge on any atom is -0.454 e. The van der Waals surface area contributed by atoms with Gasteiger partial charge in [-0.15, -0.1) is 0 Å². The van der Waals surface area contributed by atoms with Gasteiger partial charge in [-0.3, -0.25) is 19.2 Å². The zero-order valence-corrected chi connectivity index (χ0v) is 16.0. The summed E-state index contributed by atoms with van der Waals surface area (Å²) >= 11 is 0. The fourth-order valence-electron chi connectivity index (χ4n) is 4.50. The Bertz CT molecular complexity index is 1000. The first-order valence-corrected chi connectivity index (χ1v) is 9.31. The fraction of sp³-hybridized carbons (Fsp3) is 0.400. The van der Waals surface area contributed by atoms with E-state index in [1.165, 1.54) is 6.08 Å². The van der Waals surface area contributed by atoms with Crippen molar-refractivity contribution < 1.29 is 42.9 Å². The van der Waals surface area contributed by atoms with E-state index in [2.05, 4.69) is 0 Å². The monoisotopic (exact) mass is 415 g/mol. The van der Waals surface area contributed by atoms with Crippen LogP contribution in [0.2, 0.25) is 0 Å². The molecule has 10 heteroatoms. The van der Waals surface area contributed by atoms with Crippen molar-refractivity contribution in [3.05, 3.63) is 30.4 Å². The quantitative estimate of drug-likeness (QED) is 0.303. The van der Waals surface area contributed by atoms with Crippen molar-refractivity contribution in [1.82, 2.24) is 0 Å². The van der Waals surface area contributed by atoms with Crippen molar-refractivity contribution in [1.29, 1.82) is 0 Å². The van der Waals surface area contributed by atoms with Crippen LogP contribution in [0.3, 0.4) is 0 Å². The molecule has 0 unspecified atom stereocenters. The average molecular weight is 415 g/mol. The van der Waals surface area contributed by atoms with Crippen molar-refractivity contribution >= 4 is 29.4 Å². The third-order valence-electron chi connectivity index (χ3n) is 5.61. The Morgan fingerprint density at radius 2 is 1.80 bits per heavy atom. The van der Waals surface area contributed by atoms with Crippen molar-refractivity contribution in [3.8, 4) is 11.5 Å². The number of amides is 2. The molecule has 156 valence electrons.